The molecule has 98 valence electrons. The molecule has 1 aromatic carbocycles. The van der Waals surface area contributed by atoms with E-state index in [0.29, 0.717) is 10.7 Å². The lowest BCUT2D eigenvalue weighted by atomic mass is 10.1. The van der Waals surface area contributed by atoms with Crippen molar-refractivity contribution < 1.29 is 4.79 Å². The van der Waals surface area contributed by atoms with Crippen LogP contribution in [-0.4, -0.2) is 10.9 Å². The summed E-state index contributed by atoms with van der Waals surface area (Å²) < 4.78 is 0. The molecule has 0 aliphatic rings. The van der Waals surface area contributed by atoms with Crippen LogP contribution in [0.25, 0.3) is 11.3 Å². The number of nitrogens with zero attached hydrogens (tertiary/aromatic N) is 1. The topological polar surface area (TPSA) is 42.0 Å². The van der Waals surface area contributed by atoms with Crippen molar-refractivity contribution in [2.24, 2.45) is 0 Å². The van der Waals surface area contributed by atoms with Gasteiger partial charge in [-0.3, -0.25) is 4.79 Å². The first-order chi connectivity index (χ1) is 9.83. The molecular formula is C16H12N2OS. The van der Waals surface area contributed by atoms with Crippen molar-refractivity contribution in [3.8, 4) is 11.3 Å². The third-order valence-electron chi connectivity index (χ3n) is 2.81. The maximum Gasteiger partial charge on any atom is 0.266 e. The summed E-state index contributed by atoms with van der Waals surface area (Å²) >= 11 is 1.41. The van der Waals surface area contributed by atoms with Crippen LogP contribution in [0.5, 0.6) is 0 Å². The average Bonchev–Trinajstić information content (AvgIpc) is 3.03. The van der Waals surface area contributed by atoms with E-state index < -0.39 is 0 Å². The molecule has 0 saturated heterocycles. The van der Waals surface area contributed by atoms with Gasteiger partial charge in [0, 0.05) is 5.56 Å². The summed E-state index contributed by atoms with van der Waals surface area (Å²) in [5.74, 6) is 0.433. The zero-order valence-electron chi connectivity index (χ0n) is 10.6. The molecule has 0 saturated carbocycles. The van der Waals surface area contributed by atoms with E-state index in [0.717, 1.165) is 11.3 Å². The van der Waals surface area contributed by atoms with Gasteiger partial charge in [-0.1, -0.05) is 42.5 Å². The van der Waals surface area contributed by atoms with Gasteiger partial charge < -0.3 is 5.32 Å². The maximum absolute atomic E-state index is 12.0. The van der Waals surface area contributed by atoms with Crippen LogP contribution in [-0.2, 0) is 0 Å². The summed E-state index contributed by atoms with van der Waals surface area (Å²) in [5.41, 5.74) is 1.87. The molecule has 2 aromatic heterocycles. The highest BCUT2D eigenvalue weighted by Gasteiger charge is 2.08. The summed E-state index contributed by atoms with van der Waals surface area (Å²) in [4.78, 5) is 17.1. The number of aromatic nitrogens is 1. The van der Waals surface area contributed by atoms with E-state index in [4.69, 9.17) is 0 Å². The van der Waals surface area contributed by atoms with E-state index in [-0.39, 0.29) is 5.91 Å². The Morgan fingerprint density at radius 3 is 2.55 bits per heavy atom. The molecule has 3 nitrogen and oxygen atoms in total. The third-order valence-corrected chi connectivity index (χ3v) is 3.67. The van der Waals surface area contributed by atoms with Crippen molar-refractivity contribution >= 4 is 23.1 Å². The van der Waals surface area contributed by atoms with Crippen molar-refractivity contribution in [2.75, 3.05) is 5.32 Å². The molecule has 3 aromatic rings. The normalized spacial score (nSPS) is 10.2. The fourth-order valence-corrected chi connectivity index (χ4v) is 2.48. The molecule has 0 radical (unpaired) electrons. The molecule has 4 heteroatoms. The highest BCUT2D eigenvalue weighted by molar-refractivity contribution is 7.12. The van der Waals surface area contributed by atoms with Crippen LogP contribution in [0.1, 0.15) is 9.67 Å². The monoisotopic (exact) mass is 280 g/mol. The second-order valence-electron chi connectivity index (χ2n) is 4.21. The second kappa shape index (κ2) is 5.67. The van der Waals surface area contributed by atoms with Crippen molar-refractivity contribution in [3.05, 3.63) is 70.9 Å². The van der Waals surface area contributed by atoms with Crippen molar-refractivity contribution in [1.29, 1.82) is 0 Å². The van der Waals surface area contributed by atoms with Crippen molar-refractivity contribution in [3.63, 3.8) is 0 Å². The van der Waals surface area contributed by atoms with Gasteiger partial charge in [0.2, 0.25) is 0 Å². The predicted molar refractivity (Wildman–Crippen MR) is 81.9 cm³/mol. The first kappa shape index (κ1) is 12.6. The van der Waals surface area contributed by atoms with Gasteiger partial charge in [0.25, 0.3) is 5.91 Å². The lowest BCUT2D eigenvalue weighted by molar-refractivity contribution is 0.103. The summed E-state index contributed by atoms with van der Waals surface area (Å²) in [6, 6.07) is 19.1. The molecule has 0 atom stereocenters. The number of benzene rings is 1. The summed E-state index contributed by atoms with van der Waals surface area (Å²) in [6.45, 7) is 0. The SMILES string of the molecule is O=C(Nc1cccc(-c2ccccc2)n1)c1cccs1. The fraction of sp³-hybridized carbons (Fsp3) is 0. The van der Waals surface area contributed by atoms with E-state index in [2.05, 4.69) is 10.3 Å². The van der Waals surface area contributed by atoms with Gasteiger partial charge >= 0.3 is 0 Å². The van der Waals surface area contributed by atoms with Crippen LogP contribution in [0.2, 0.25) is 0 Å². The van der Waals surface area contributed by atoms with Gasteiger partial charge in [-0.2, -0.15) is 0 Å². The lowest BCUT2D eigenvalue weighted by Gasteiger charge is -2.05. The van der Waals surface area contributed by atoms with Gasteiger partial charge in [-0.25, -0.2) is 4.98 Å². The van der Waals surface area contributed by atoms with E-state index in [1.54, 1.807) is 12.1 Å². The van der Waals surface area contributed by atoms with E-state index in [1.165, 1.54) is 11.3 Å². The number of amides is 1. The standard InChI is InChI=1S/C16H12N2OS/c19-16(14-9-5-11-20-14)18-15-10-4-8-13(17-15)12-6-2-1-3-7-12/h1-11H,(H,17,18,19). The number of thiophene rings is 1. The number of carbonyl (C=O) groups excluding carboxylic acids is 1. The first-order valence-corrected chi connectivity index (χ1v) is 7.08. The molecule has 0 aliphatic heterocycles. The number of hydrogen-bond acceptors (Lipinski definition) is 3. The molecule has 3 rings (SSSR count). The third kappa shape index (κ3) is 2.75. The van der Waals surface area contributed by atoms with Gasteiger partial charge in [0.15, 0.2) is 0 Å². The highest BCUT2D eigenvalue weighted by atomic mass is 32.1. The number of pyridine rings is 1. The van der Waals surface area contributed by atoms with E-state index in [1.807, 2.05) is 53.9 Å². The Morgan fingerprint density at radius 2 is 1.80 bits per heavy atom. The minimum Gasteiger partial charge on any atom is -0.306 e. The van der Waals surface area contributed by atoms with Crippen LogP contribution >= 0.6 is 11.3 Å². The van der Waals surface area contributed by atoms with Gasteiger partial charge in [-0.15, -0.1) is 11.3 Å². The highest BCUT2D eigenvalue weighted by Crippen LogP contribution is 2.19. The molecule has 2 heterocycles. The Hall–Kier alpha value is -2.46. The Labute approximate surface area is 120 Å². The molecule has 20 heavy (non-hydrogen) atoms. The number of rotatable bonds is 3. The largest absolute Gasteiger partial charge is 0.306 e. The number of anilines is 1. The number of nitrogens with one attached hydrogen (secondary N) is 1. The summed E-state index contributed by atoms with van der Waals surface area (Å²) in [7, 11) is 0. The van der Waals surface area contributed by atoms with Crippen molar-refractivity contribution in [1.82, 2.24) is 4.98 Å². The Kier molecular flexibility index (Phi) is 3.56. The van der Waals surface area contributed by atoms with Crippen LogP contribution in [0.3, 0.4) is 0 Å². The van der Waals surface area contributed by atoms with E-state index in [9.17, 15) is 4.79 Å². The van der Waals surface area contributed by atoms with Gasteiger partial charge in [0.05, 0.1) is 10.6 Å². The predicted octanol–water partition coefficient (Wildman–Crippen LogP) is 4.06. The molecule has 1 amide bonds. The minimum atomic E-state index is -0.127. The van der Waals surface area contributed by atoms with Crippen molar-refractivity contribution in [2.45, 2.75) is 0 Å². The number of carbonyl (C=O) groups is 1. The maximum atomic E-state index is 12.0. The van der Waals surface area contributed by atoms with E-state index >= 15 is 0 Å². The van der Waals surface area contributed by atoms with Crippen LogP contribution in [0, 0.1) is 0 Å². The quantitative estimate of drug-likeness (QED) is 0.786. The lowest BCUT2D eigenvalue weighted by Crippen LogP contribution is -2.11. The minimum absolute atomic E-state index is 0.127. The Bertz CT molecular complexity index is 708. The second-order valence-corrected chi connectivity index (χ2v) is 5.15. The molecule has 1 N–H and O–H groups in total. The summed E-state index contributed by atoms with van der Waals surface area (Å²) in [6.07, 6.45) is 0. The molecule has 0 aliphatic carbocycles. The Morgan fingerprint density at radius 1 is 0.950 bits per heavy atom. The van der Waals surface area contributed by atoms with Crippen LogP contribution in [0.15, 0.2) is 66.0 Å². The summed E-state index contributed by atoms with van der Waals surface area (Å²) in [5, 5.41) is 4.69. The Balaban J connectivity index is 1.83. The fourth-order valence-electron chi connectivity index (χ4n) is 1.86. The number of hydrogen-bond donors (Lipinski definition) is 1. The molecular weight excluding hydrogens is 268 g/mol. The van der Waals surface area contributed by atoms with Gasteiger partial charge in [-0.05, 0) is 23.6 Å². The van der Waals surface area contributed by atoms with Gasteiger partial charge in [0.1, 0.15) is 5.82 Å². The average molecular weight is 280 g/mol. The first-order valence-electron chi connectivity index (χ1n) is 6.20. The zero-order chi connectivity index (χ0) is 13.8. The van der Waals surface area contributed by atoms with Crippen LogP contribution < -0.4 is 5.32 Å². The smallest absolute Gasteiger partial charge is 0.266 e. The molecule has 0 spiro atoms. The molecule has 0 fully saturated rings. The van der Waals surface area contributed by atoms with Crippen LogP contribution in [0.4, 0.5) is 5.82 Å². The molecule has 0 unspecified atom stereocenters. The molecule has 0 bridgehead atoms. The zero-order valence-corrected chi connectivity index (χ0v) is 11.4.